The van der Waals surface area contributed by atoms with Crippen molar-refractivity contribution in [3.05, 3.63) is 48.0 Å². The molecule has 104 valence electrons. The number of ether oxygens (including phenoxy) is 2. The fraction of sp³-hybridized carbons (Fsp3) is 0.250. The molecule has 20 heavy (non-hydrogen) atoms. The molecule has 2 N–H and O–H groups in total. The Morgan fingerprint density at radius 3 is 2.80 bits per heavy atom. The van der Waals surface area contributed by atoms with Crippen molar-refractivity contribution in [3.8, 4) is 17.2 Å². The topological polar surface area (TPSA) is 50.7 Å². The summed E-state index contributed by atoms with van der Waals surface area (Å²) in [5, 5.41) is 12.8. The Bertz CT molecular complexity index is 595. The van der Waals surface area contributed by atoms with Crippen LogP contribution in [-0.4, -0.2) is 24.9 Å². The zero-order chi connectivity index (χ0) is 13.9. The van der Waals surface area contributed by atoms with Gasteiger partial charge in [-0.3, -0.25) is 0 Å². The molecule has 0 aliphatic carbocycles. The molecule has 1 aliphatic heterocycles. The van der Waals surface area contributed by atoms with Gasteiger partial charge in [0.05, 0.1) is 19.3 Å². The van der Waals surface area contributed by atoms with Gasteiger partial charge in [0.15, 0.2) is 0 Å². The third-order valence-electron chi connectivity index (χ3n) is 3.40. The molecule has 3 rings (SSSR count). The number of rotatable bonds is 3. The molecule has 0 saturated heterocycles. The first-order valence-corrected chi connectivity index (χ1v) is 6.61. The van der Waals surface area contributed by atoms with Crippen LogP contribution in [0.2, 0.25) is 0 Å². The van der Waals surface area contributed by atoms with Crippen LogP contribution in [0.25, 0.3) is 0 Å². The van der Waals surface area contributed by atoms with Gasteiger partial charge in [0.1, 0.15) is 23.4 Å². The molecule has 0 bridgehead atoms. The molecule has 1 unspecified atom stereocenters. The number of phenols is 1. The smallest absolute Gasteiger partial charge is 0.146 e. The number of nitrogens with one attached hydrogen (secondary N) is 1. The fourth-order valence-corrected chi connectivity index (χ4v) is 2.34. The van der Waals surface area contributed by atoms with Gasteiger partial charge >= 0.3 is 0 Å². The van der Waals surface area contributed by atoms with Crippen LogP contribution in [-0.2, 0) is 6.42 Å². The number of methoxy groups -OCH3 is 1. The van der Waals surface area contributed by atoms with E-state index in [2.05, 4.69) is 5.32 Å². The van der Waals surface area contributed by atoms with E-state index in [9.17, 15) is 5.11 Å². The lowest BCUT2D eigenvalue weighted by Gasteiger charge is -2.27. The molecule has 0 amide bonds. The van der Waals surface area contributed by atoms with Crippen molar-refractivity contribution in [1.29, 1.82) is 0 Å². The molecule has 2 aromatic rings. The highest BCUT2D eigenvalue weighted by atomic mass is 16.5. The van der Waals surface area contributed by atoms with Crippen molar-refractivity contribution in [3.63, 3.8) is 0 Å². The lowest BCUT2D eigenvalue weighted by atomic mass is 10.1. The summed E-state index contributed by atoms with van der Waals surface area (Å²) in [7, 11) is 1.66. The van der Waals surface area contributed by atoms with Crippen molar-refractivity contribution < 1.29 is 14.6 Å². The van der Waals surface area contributed by atoms with Crippen molar-refractivity contribution in [2.24, 2.45) is 0 Å². The molecular formula is C16H17NO3. The third kappa shape index (κ3) is 2.64. The second-order valence-electron chi connectivity index (χ2n) is 4.85. The Balaban J connectivity index is 1.70. The second kappa shape index (κ2) is 5.33. The Morgan fingerprint density at radius 2 is 2.05 bits per heavy atom. The van der Waals surface area contributed by atoms with E-state index < -0.39 is 0 Å². The Kier molecular flexibility index (Phi) is 3.37. The van der Waals surface area contributed by atoms with E-state index in [0.29, 0.717) is 5.75 Å². The SMILES string of the molecule is COc1ccc(CC2CNc3ccc(O)cc3O2)cc1. The first-order valence-electron chi connectivity index (χ1n) is 6.61. The van der Waals surface area contributed by atoms with E-state index in [0.717, 1.165) is 24.4 Å². The quantitative estimate of drug-likeness (QED) is 0.843. The molecule has 1 aliphatic rings. The zero-order valence-electron chi connectivity index (χ0n) is 11.3. The summed E-state index contributed by atoms with van der Waals surface area (Å²) in [5.41, 5.74) is 2.12. The first-order chi connectivity index (χ1) is 9.74. The monoisotopic (exact) mass is 271 g/mol. The second-order valence-corrected chi connectivity index (χ2v) is 4.85. The molecule has 0 spiro atoms. The van der Waals surface area contributed by atoms with Crippen LogP contribution in [0.1, 0.15) is 5.56 Å². The minimum absolute atomic E-state index is 0.0534. The standard InChI is InChI=1S/C16H17NO3/c1-19-13-5-2-11(3-6-13)8-14-10-17-15-7-4-12(18)9-16(15)20-14/h2-7,9,14,17-18H,8,10H2,1H3. The molecule has 1 atom stereocenters. The third-order valence-corrected chi connectivity index (χ3v) is 3.40. The number of aromatic hydroxyl groups is 1. The van der Waals surface area contributed by atoms with Crippen LogP contribution >= 0.6 is 0 Å². The van der Waals surface area contributed by atoms with Crippen molar-refractivity contribution in [2.45, 2.75) is 12.5 Å². The van der Waals surface area contributed by atoms with Gasteiger partial charge in [0, 0.05) is 12.5 Å². The summed E-state index contributed by atoms with van der Waals surface area (Å²) < 4.78 is 11.1. The fourth-order valence-electron chi connectivity index (χ4n) is 2.34. The van der Waals surface area contributed by atoms with Gasteiger partial charge in [0.25, 0.3) is 0 Å². The normalized spacial score (nSPS) is 16.8. The summed E-state index contributed by atoms with van der Waals surface area (Å²) in [6.07, 6.45) is 0.865. The molecule has 0 saturated carbocycles. The number of fused-ring (bicyclic) bond motifs is 1. The van der Waals surface area contributed by atoms with E-state index in [-0.39, 0.29) is 11.9 Å². The molecule has 0 radical (unpaired) electrons. The number of hydrogen-bond acceptors (Lipinski definition) is 4. The van der Waals surface area contributed by atoms with Crippen LogP contribution < -0.4 is 14.8 Å². The number of phenolic OH excluding ortho intramolecular Hbond substituents is 1. The predicted molar refractivity (Wildman–Crippen MR) is 77.7 cm³/mol. The van der Waals surface area contributed by atoms with E-state index in [1.54, 1.807) is 19.2 Å². The molecular weight excluding hydrogens is 254 g/mol. The molecule has 4 heteroatoms. The highest BCUT2D eigenvalue weighted by Gasteiger charge is 2.19. The van der Waals surface area contributed by atoms with Crippen LogP contribution in [0, 0.1) is 0 Å². The summed E-state index contributed by atoms with van der Waals surface area (Å²) in [4.78, 5) is 0. The van der Waals surface area contributed by atoms with Gasteiger partial charge in [-0.05, 0) is 29.8 Å². The Morgan fingerprint density at radius 1 is 1.25 bits per heavy atom. The van der Waals surface area contributed by atoms with Gasteiger partial charge in [-0.25, -0.2) is 0 Å². The number of benzene rings is 2. The number of anilines is 1. The lowest BCUT2D eigenvalue weighted by Crippen LogP contribution is -2.32. The van der Waals surface area contributed by atoms with Gasteiger partial charge in [-0.1, -0.05) is 12.1 Å². The lowest BCUT2D eigenvalue weighted by molar-refractivity contribution is 0.205. The molecule has 2 aromatic carbocycles. The Hall–Kier alpha value is -2.36. The maximum Gasteiger partial charge on any atom is 0.146 e. The average Bonchev–Trinajstić information content (AvgIpc) is 2.47. The van der Waals surface area contributed by atoms with Crippen LogP contribution in [0.5, 0.6) is 17.2 Å². The highest BCUT2D eigenvalue weighted by Crippen LogP contribution is 2.32. The van der Waals surface area contributed by atoms with Crippen molar-refractivity contribution in [1.82, 2.24) is 0 Å². The average molecular weight is 271 g/mol. The van der Waals surface area contributed by atoms with Crippen molar-refractivity contribution >= 4 is 5.69 Å². The summed E-state index contributed by atoms with van der Waals surface area (Å²) in [5.74, 6) is 1.78. The summed E-state index contributed by atoms with van der Waals surface area (Å²) >= 11 is 0. The Labute approximate surface area is 118 Å². The number of hydrogen-bond donors (Lipinski definition) is 2. The molecule has 0 fully saturated rings. The molecule has 4 nitrogen and oxygen atoms in total. The molecule has 0 aromatic heterocycles. The van der Waals surface area contributed by atoms with Gasteiger partial charge in [-0.15, -0.1) is 0 Å². The molecule has 1 heterocycles. The van der Waals surface area contributed by atoms with E-state index >= 15 is 0 Å². The largest absolute Gasteiger partial charge is 0.508 e. The zero-order valence-corrected chi connectivity index (χ0v) is 11.3. The maximum atomic E-state index is 9.50. The van der Waals surface area contributed by atoms with Crippen LogP contribution in [0.15, 0.2) is 42.5 Å². The maximum absolute atomic E-state index is 9.50. The van der Waals surface area contributed by atoms with Crippen molar-refractivity contribution in [2.75, 3.05) is 19.0 Å². The van der Waals surface area contributed by atoms with E-state index in [4.69, 9.17) is 9.47 Å². The minimum Gasteiger partial charge on any atom is -0.508 e. The van der Waals surface area contributed by atoms with Crippen LogP contribution in [0.4, 0.5) is 5.69 Å². The predicted octanol–water partition coefficient (Wildman–Crippen LogP) is 2.82. The van der Waals surface area contributed by atoms with E-state index in [1.807, 2.05) is 30.3 Å². The van der Waals surface area contributed by atoms with Gasteiger partial charge < -0.3 is 19.9 Å². The summed E-state index contributed by atoms with van der Waals surface area (Å²) in [6, 6.07) is 13.1. The summed E-state index contributed by atoms with van der Waals surface area (Å²) in [6.45, 7) is 0.754. The van der Waals surface area contributed by atoms with Gasteiger partial charge in [-0.2, -0.15) is 0 Å². The van der Waals surface area contributed by atoms with Gasteiger partial charge in [0.2, 0.25) is 0 Å². The minimum atomic E-state index is 0.0534. The highest BCUT2D eigenvalue weighted by molar-refractivity contribution is 5.60. The van der Waals surface area contributed by atoms with E-state index in [1.165, 1.54) is 5.56 Å². The van der Waals surface area contributed by atoms with Crippen LogP contribution in [0.3, 0.4) is 0 Å². The first kappa shape index (κ1) is 12.7.